The predicted octanol–water partition coefficient (Wildman–Crippen LogP) is 7.12. The Labute approximate surface area is 175 Å². The largest absolute Gasteiger partial charge is 0.489 e. The van der Waals surface area contributed by atoms with Crippen LogP contribution >= 0.6 is 11.6 Å². The van der Waals surface area contributed by atoms with Gasteiger partial charge in [0.2, 0.25) is 0 Å². The maximum atomic E-state index is 9.28. The molecule has 0 aliphatic heterocycles. The van der Waals surface area contributed by atoms with Gasteiger partial charge in [0, 0.05) is 5.02 Å². The second kappa shape index (κ2) is 8.65. The first-order chi connectivity index (χ1) is 14.2. The van der Waals surface area contributed by atoms with Crippen LogP contribution in [0, 0.1) is 11.3 Å². The van der Waals surface area contributed by atoms with Crippen LogP contribution in [0.4, 0.5) is 0 Å². The van der Waals surface area contributed by atoms with Crippen molar-refractivity contribution in [2.45, 2.75) is 6.61 Å². The third kappa shape index (κ3) is 4.48. The molecule has 4 rings (SSSR count). The van der Waals surface area contributed by atoms with E-state index >= 15 is 0 Å². The topological polar surface area (TPSA) is 33.0 Å². The first-order valence-corrected chi connectivity index (χ1v) is 9.68. The summed E-state index contributed by atoms with van der Waals surface area (Å²) in [6.07, 6.45) is 0. The Balaban J connectivity index is 1.56. The van der Waals surface area contributed by atoms with E-state index in [0.717, 1.165) is 28.0 Å². The normalized spacial score (nSPS) is 10.3. The highest BCUT2D eigenvalue weighted by molar-refractivity contribution is 6.30. The van der Waals surface area contributed by atoms with Gasteiger partial charge in [-0.1, -0.05) is 72.3 Å². The van der Waals surface area contributed by atoms with Crippen molar-refractivity contribution in [1.29, 1.82) is 5.26 Å². The van der Waals surface area contributed by atoms with Gasteiger partial charge >= 0.3 is 0 Å². The Morgan fingerprint density at radius 1 is 0.724 bits per heavy atom. The first-order valence-electron chi connectivity index (χ1n) is 9.30. The Bertz CT molecular complexity index is 1140. The number of hydrogen-bond donors (Lipinski definition) is 0. The van der Waals surface area contributed by atoms with Crippen LogP contribution in [0.15, 0.2) is 97.1 Å². The van der Waals surface area contributed by atoms with Crippen molar-refractivity contribution in [2.24, 2.45) is 0 Å². The molecular formula is C26H18ClNO. The molecule has 29 heavy (non-hydrogen) atoms. The molecule has 0 saturated heterocycles. The Hall–Kier alpha value is -3.54. The van der Waals surface area contributed by atoms with Crippen LogP contribution in [-0.4, -0.2) is 0 Å². The van der Waals surface area contributed by atoms with Crippen molar-refractivity contribution in [3.8, 4) is 34.1 Å². The van der Waals surface area contributed by atoms with Crippen molar-refractivity contribution in [3.63, 3.8) is 0 Å². The first kappa shape index (κ1) is 18.8. The van der Waals surface area contributed by atoms with Crippen molar-refractivity contribution >= 4 is 11.6 Å². The standard InChI is InChI=1S/C26H18ClNO/c27-24-11-7-22(8-12-24)26-15-6-19(17-28)16-23(26)18-29-25-13-9-21(10-14-25)20-4-2-1-3-5-20/h1-16H,18H2. The molecule has 0 aromatic heterocycles. The average molecular weight is 396 g/mol. The van der Waals surface area contributed by atoms with Gasteiger partial charge in [-0.05, 0) is 64.2 Å². The molecular weight excluding hydrogens is 378 g/mol. The lowest BCUT2D eigenvalue weighted by Gasteiger charge is -2.13. The zero-order valence-electron chi connectivity index (χ0n) is 15.7. The van der Waals surface area contributed by atoms with E-state index in [2.05, 4.69) is 30.3 Å². The minimum atomic E-state index is 0.373. The fourth-order valence-electron chi connectivity index (χ4n) is 3.23. The molecule has 0 aliphatic rings. The molecule has 0 N–H and O–H groups in total. The molecule has 4 aromatic rings. The van der Waals surface area contributed by atoms with E-state index in [1.165, 1.54) is 5.56 Å². The Kier molecular flexibility index (Phi) is 5.61. The van der Waals surface area contributed by atoms with Gasteiger partial charge in [-0.3, -0.25) is 0 Å². The molecule has 0 saturated carbocycles. The van der Waals surface area contributed by atoms with E-state index in [9.17, 15) is 5.26 Å². The molecule has 140 valence electrons. The smallest absolute Gasteiger partial charge is 0.119 e. The number of hydrogen-bond acceptors (Lipinski definition) is 2. The van der Waals surface area contributed by atoms with Gasteiger partial charge in [-0.25, -0.2) is 0 Å². The predicted molar refractivity (Wildman–Crippen MR) is 118 cm³/mol. The zero-order valence-corrected chi connectivity index (χ0v) is 16.4. The van der Waals surface area contributed by atoms with E-state index in [4.69, 9.17) is 16.3 Å². The third-order valence-electron chi connectivity index (χ3n) is 4.75. The Morgan fingerprint density at radius 2 is 1.38 bits per heavy atom. The number of benzene rings is 4. The maximum absolute atomic E-state index is 9.28. The highest BCUT2D eigenvalue weighted by Gasteiger charge is 2.08. The number of ether oxygens (including phenoxy) is 1. The van der Waals surface area contributed by atoms with E-state index in [1.54, 1.807) is 0 Å². The summed E-state index contributed by atoms with van der Waals surface area (Å²) in [4.78, 5) is 0. The lowest BCUT2D eigenvalue weighted by Crippen LogP contribution is -1.99. The average Bonchev–Trinajstić information content (AvgIpc) is 2.79. The van der Waals surface area contributed by atoms with Gasteiger partial charge < -0.3 is 4.74 Å². The molecule has 0 spiro atoms. The summed E-state index contributed by atoms with van der Waals surface area (Å²) in [6.45, 7) is 0.373. The minimum Gasteiger partial charge on any atom is -0.489 e. The van der Waals surface area contributed by atoms with Crippen LogP contribution in [0.3, 0.4) is 0 Å². The molecule has 2 nitrogen and oxygen atoms in total. The van der Waals surface area contributed by atoms with Gasteiger partial charge in [-0.2, -0.15) is 5.26 Å². The molecule has 0 aliphatic carbocycles. The maximum Gasteiger partial charge on any atom is 0.119 e. The summed E-state index contributed by atoms with van der Waals surface area (Å²) in [6, 6.07) is 33.8. The van der Waals surface area contributed by atoms with Gasteiger partial charge in [0.25, 0.3) is 0 Å². The summed E-state index contributed by atoms with van der Waals surface area (Å²) < 4.78 is 6.03. The van der Waals surface area contributed by atoms with Crippen LogP contribution in [-0.2, 0) is 6.61 Å². The second-order valence-electron chi connectivity index (χ2n) is 6.67. The SMILES string of the molecule is N#Cc1ccc(-c2ccc(Cl)cc2)c(COc2ccc(-c3ccccc3)cc2)c1. The molecule has 0 unspecified atom stereocenters. The summed E-state index contributed by atoms with van der Waals surface area (Å²) in [5.74, 6) is 0.786. The van der Waals surface area contributed by atoms with E-state index in [-0.39, 0.29) is 0 Å². The van der Waals surface area contributed by atoms with Gasteiger partial charge in [-0.15, -0.1) is 0 Å². The van der Waals surface area contributed by atoms with Crippen molar-refractivity contribution in [2.75, 3.05) is 0 Å². The zero-order chi connectivity index (χ0) is 20.1. The highest BCUT2D eigenvalue weighted by Crippen LogP contribution is 2.28. The van der Waals surface area contributed by atoms with Gasteiger partial charge in [0.1, 0.15) is 12.4 Å². The molecule has 0 heterocycles. The van der Waals surface area contributed by atoms with E-state index < -0.39 is 0 Å². The fraction of sp³-hybridized carbons (Fsp3) is 0.0385. The van der Waals surface area contributed by atoms with E-state index in [1.807, 2.05) is 72.8 Å². The molecule has 0 fully saturated rings. The summed E-state index contributed by atoms with van der Waals surface area (Å²) >= 11 is 6.02. The Morgan fingerprint density at radius 3 is 2.07 bits per heavy atom. The van der Waals surface area contributed by atoms with Crippen molar-refractivity contribution < 1.29 is 4.74 Å². The second-order valence-corrected chi connectivity index (χ2v) is 7.11. The molecule has 0 bridgehead atoms. The van der Waals surface area contributed by atoms with Gasteiger partial charge in [0.05, 0.1) is 11.6 Å². The number of nitrogens with zero attached hydrogens (tertiary/aromatic N) is 1. The van der Waals surface area contributed by atoms with Crippen LogP contribution in [0.25, 0.3) is 22.3 Å². The van der Waals surface area contributed by atoms with Crippen LogP contribution in [0.2, 0.25) is 5.02 Å². The molecule has 0 amide bonds. The third-order valence-corrected chi connectivity index (χ3v) is 5.00. The van der Waals surface area contributed by atoms with E-state index in [0.29, 0.717) is 17.2 Å². The number of nitriles is 1. The summed E-state index contributed by atoms with van der Waals surface area (Å²) in [5.41, 5.74) is 5.95. The van der Waals surface area contributed by atoms with Crippen molar-refractivity contribution in [1.82, 2.24) is 0 Å². The fourth-order valence-corrected chi connectivity index (χ4v) is 3.36. The highest BCUT2D eigenvalue weighted by atomic mass is 35.5. The summed E-state index contributed by atoms with van der Waals surface area (Å²) in [5, 5.41) is 9.97. The number of rotatable bonds is 5. The lowest BCUT2D eigenvalue weighted by molar-refractivity contribution is 0.307. The van der Waals surface area contributed by atoms with Crippen LogP contribution in [0.5, 0.6) is 5.75 Å². The number of halogens is 1. The molecule has 0 radical (unpaired) electrons. The minimum absolute atomic E-state index is 0.373. The van der Waals surface area contributed by atoms with Crippen LogP contribution < -0.4 is 4.74 Å². The quantitative estimate of drug-likeness (QED) is 0.360. The van der Waals surface area contributed by atoms with Gasteiger partial charge in [0.15, 0.2) is 0 Å². The molecule has 4 aromatic carbocycles. The van der Waals surface area contributed by atoms with Crippen LogP contribution in [0.1, 0.15) is 11.1 Å². The van der Waals surface area contributed by atoms with Crippen molar-refractivity contribution in [3.05, 3.63) is 113 Å². The lowest BCUT2D eigenvalue weighted by atomic mass is 9.98. The molecule has 3 heteroatoms. The summed E-state index contributed by atoms with van der Waals surface area (Å²) in [7, 11) is 0. The molecule has 0 atom stereocenters. The monoisotopic (exact) mass is 395 g/mol.